The molecule has 23 heavy (non-hydrogen) atoms. The lowest BCUT2D eigenvalue weighted by molar-refractivity contribution is -0.380. The first kappa shape index (κ1) is 15.2. The second kappa shape index (κ2) is 6.18. The number of nitrogens with one attached hydrogen (secondary N) is 1. The van der Waals surface area contributed by atoms with E-state index in [1.807, 2.05) is 31.2 Å². The number of ketones is 1. The summed E-state index contributed by atoms with van der Waals surface area (Å²) in [6.07, 6.45) is 3.78. The average Bonchev–Trinajstić information content (AvgIpc) is 3.17. The number of nitrogens with zero attached hydrogens (tertiary/aromatic N) is 1. The lowest BCUT2D eigenvalue weighted by Gasteiger charge is -1.97. The fraction of sp³-hybridized carbons (Fsp3) is 0.118. The molecular weight excluding hydrogens is 312 g/mol. The standard InChI is InChI=1S/C17H14N2O3S/c1-2-11(20)7-8-13-12-5-3-4-6-14(12)18-17(13)15-9-10-16(23-15)19(21)22/h3-10,18H,2H2,1H3/b8-7+. The van der Waals surface area contributed by atoms with Crippen molar-refractivity contribution in [3.8, 4) is 10.6 Å². The molecule has 0 spiro atoms. The number of aromatic nitrogens is 1. The van der Waals surface area contributed by atoms with Crippen molar-refractivity contribution in [3.05, 3.63) is 58.2 Å². The van der Waals surface area contributed by atoms with Gasteiger partial charge in [-0.25, -0.2) is 0 Å². The Labute approximate surface area is 136 Å². The highest BCUT2D eigenvalue weighted by Gasteiger charge is 2.16. The van der Waals surface area contributed by atoms with Crippen LogP contribution >= 0.6 is 11.3 Å². The Hall–Kier alpha value is -2.73. The largest absolute Gasteiger partial charge is 0.353 e. The minimum atomic E-state index is -0.396. The number of allylic oxidation sites excluding steroid dienone is 1. The Morgan fingerprint density at radius 2 is 2.09 bits per heavy atom. The van der Waals surface area contributed by atoms with E-state index in [1.54, 1.807) is 18.2 Å². The third-order valence-corrected chi connectivity index (χ3v) is 4.60. The molecule has 0 saturated heterocycles. The van der Waals surface area contributed by atoms with Crippen molar-refractivity contribution >= 4 is 39.1 Å². The van der Waals surface area contributed by atoms with Gasteiger partial charge in [0.15, 0.2) is 5.78 Å². The van der Waals surface area contributed by atoms with Crippen LogP contribution in [0.15, 0.2) is 42.5 Å². The lowest BCUT2D eigenvalue weighted by atomic mass is 10.1. The van der Waals surface area contributed by atoms with Gasteiger partial charge in [-0.3, -0.25) is 14.9 Å². The molecule has 0 aliphatic heterocycles. The van der Waals surface area contributed by atoms with Crippen LogP contribution < -0.4 is 0 Å². The van der Waals surface area contributed by atoms with Crippen molar-refractivity contribution in [1.82, 2.24) is 4.98 Å². The van der Waals surface area contributed by atoms with Crippen molar-refractivity contribution in [2.24, 2.45) is 0 Å². The summed E-state index contributed by atoms with van der Waals surface area (Å²) < 4.78 is 0. The number of carbonyl (C=O) groups is 1. The number of para-hydroxylation sites is 1. The molecule has 0 aliphatic carbocycles. The number of benzene rings is 1. The predicted molar refractivity (Wildman–Crippen MR) is 92.6 cm³/mol. The molecule has 0 saturated carbocycles. The molecule has 6 heteroatoms. The topological polar surface area (TPSA) is 76.0 Å². The molecule has 1 N–H and O–H groups in total. The first-order chi connectivity index (χ1) is 11.1. The lowest BCUT2D eigenvalue weighted by Crippen LogP contribution is -1.87. The number of H-pyrrole nitrogens is 1. The van der Waals surface area contributed by atoms with Crippen LogP contribution in [0.4, 0.5) is 5.00 Å². The number of carbonyl (C=O) groups excluding carboxylic acids is 1. The molecule has 0 atom stereocenters. The van der Waals surface area contributed by atoms with Crippen LogP contribution in [0, 0.1) is 10.1 Å². The molecule has 3 rings (SSSR count). The number of rotatable bonds is 5. The normalized spacial score (nSPS) is 11.3. The quantitative estimate of drug-likeness (QED) is 0.416. The fourth-order valence-corrected chi connectivity index (χ4v) is 3.22. The van der Waals surface area contributed by atoms with Gasteiger partial charge in [-0.15, -0.1) is 0 Å². The number of hydrogen-bond donors (Lipinski definition) is 1. The fourth-order valence-electron chi connectivity index (χ4n) is 2.39. The zero-order chi connectivity index (χ0) is 16.4. The van der Waals surface area contributed by atoms with Gasteiger partial charge in [0.1, 0.15) is 0 Å². The van der Waals surface area contributed by atoms with Crippen LogP contribution in [0.2, 0.25) is 0 Å². The molecule has 5 nitrogen and oxygen atoms in total. The van der Waals surface area contributed by atoms with E-state index in [0.717, 1.165) is 38.4 Å². The van der Waals surface area contributed by atoms with Crippen molar-refractivity contribution in [2.75, 3.05) is 0 Å². The van der Waals surface area contributed by atoms with Gasteiger partial charge >= 0.3 is 5.00 Å². The zero-order valence-electron chi connectivity index (χ0n) is 12.4. The maximum Gasteiger partial charge on any atom is 0.324 e. The number of aromatic amines is 1. The van der Waals surface area contributed by atoms with Crippen molar-refractivity contribution in [2.45, 2.75) is 13.3 Å². The Kier molecular flexibility index (Phi) is 4.08. The van der Waals surface area contributed by atoms with E-state index >= 15 is 0 Å². The van der Waals surface area contributed by atoms with E-state index in [-0.39, 0.29) is 10.8 Å². The monoisotopic (exact) mass is 326 g/mol. The maximum absolute atomic E-state index is 11.6. The van der Waals surface area contributed by atoms with E-state index < -0.39 is 4.92 Å². The van der Waals surface area contributed by atoms with Gasteiger partial charge in [0.25, 0.3) is 0 Å². The molecule has 0 fully saturated rings. The van der Waals surface area contributed by atoms with Gasteiger partial charge < -0.3 is 4.98 Å². The summed E-state index contributed by atoms with van der Waals surface area (Å²) in [5.41, 5.74) is 2.60. The smallest absolute Gasteiger partial charge is 0.324 e. The van der Waals surface area contributed by atoms with Gasteiger partial charge in [0.2, 0.25) is 0 Å². The molecule has 3 aromatic rings. The maximum atomic E-state index is 11.6. The minimum absolute atomic E-state index is 0.0402. The van der Waals surface area contributed by atoms with E-state index in [9.17, 15) is 14.9 Å². The van der Waals surface area contributed by atoms with Crippen molar-refractivity contribution in [1.29, 1.82) is 0 Å². The Morgan fingerprint density at radius 1 is 1.30 bits per heavy atom. The highest BCUT2D eigenvalue weighted by atomic mass is 32.1. The second-order valence-corrected chi connectivity index (χ2v) is 6.07. The molecule has 0 amide bonds. The van der Waals surface area contributed by atoms with E-state index in [0.29, 0.717) is 6.42 Å². The number of thiophene rings is 1. The third kappa shape index (κ3) is 2.93. The van der Waals surface area contributed by atoms with Gasteiger partial charge in [-0.1, -0.05) is 36.5 Å². The Balaban J connectivity index is 2.16. The third-order valence-electron chi connectivity index (χ3n) is 3.55. The Morgan fingerprint density at radius 3 is 2.78 bits per heavy atom. The summed E-state index contributed by atoms with van der Waals surface area (Å²) in [5, 5.41) is 12.0. The van der Waals surface area contributed by atoms with Crippen LogP contribution in [0.1, 0.15) is 18.9 Å². The molecule has 116 valence electrons. The van der Waals surface area contributed by atoms with Crippen molar-refractivity contribution < 1.29 is 9.72 Å². The average molecular weight is 326 g/mol. The zero-order valence-corrected chi connectivity index (χ0v) is 13.2. The Bertz CT molecular complexity index is 921. The molecule has 2 aromatic heterocycles. The van der Waals surface area contributed by atoms with Gasteiger partial charge in [-0.2, -0.15) is 0 Å². The molecule has 2 heterocycles. The molecule has 0 radical (unpaired) electrons. The summed E-state index contributed by atoms with van der Waals surface area (Å²) >= 11 is 1.11. The number of hydrogen-bond acceptors (Lipinski definition) is 4. The van der Waals surface area contributed by atoms with Gasteiger partial charge in [-0.05, 0) is 24.3 Å². The molecule has 0 unspecified atom stereocenters. The molecule has 0 bridgehead atoms. The predicted octanol–water partition coefficient (Wildman–Crippen LogP) is 4.80. The summed E-state index contributed by atoms with van der Waals surface area (Å²) in [5.74, 6) is 0.0402. The van der Waals surface area contributed by atoms with E-state index in [1.165, 1.54) is 6.07 Å². The van der Waals surface area contributed by atoms with Crippen LogP contribution in [0.3, 0.4) is 0 Å². The van der Waals surface area contributed by atoms with Crippen LogP contribution in [-0.2, 0) is 4.79 Å². The number of nitro groups is 1. The van der Waals surface area contributed by atoms with Crippen LogP contribution in [0.5, 0.6) is 0 Å². The van der Waals surface area contributed by atoms with Crippen molar-refractivity contribution in [3.63, 3.8) is 0 Å². The van der Waals surface area contributed by atoms with E-state index in [2.05, 4.69) is 4.98 Å². The van der Waals surface area contributed by atoms with Crippen LogP contribution in [-0.4, -0.2) is 15.7 Å². The van der Waals surface area contributed by atoms with E-state index in [4.69, 9.17) is 0 Å². The molecule has 1 aromatic carbocycles. The highest BCUT2D eigenvalue weighted by Crippen LogP contribution is 2.37. The van der Waals surface area contributed by atoms with Gasteiger partial charge in [0, 0.05) is 29.0 Å². The first-order valence-electron chi connectivity index (χ1n) is 7.16. The molecule has 0 aliphatic rings. The number of fused-ring (bicyclic) bond motifs is 1. The first-order valence-corrected chi connectivity index (χ1v) is 7.98. The molecular formula is C17H14N2O3S. The second-order valence-electron chi connectivity index (χ2n) is 5.01. The summed E-state index contributed by atoms with van der Waals surface area (Å²) in [4.78, 5) is 26.2. The summed E-state index contributed by atoms with van der Waals surface area (Å²) in [6, 6.07) is 11.0. The highest BCUT2D eigenvalue weighted by molar-refractivity contribution is 7.18. The van der Waals surface area contributed by atoms with Gasteiger partial charge in [0.05, 0.1) is 15.5 Å². The summed E-state index contributed by atoms with van der Waals surface area (Å²) in [6.45, 7) is 1.81. The van der Waals surface area contributed by atoms with Crippen LogP contribution in [0.25, 0.3) is 27.6 Å². The minimum Gasteiger partial charge on any atom is -0.353 e. The summed E-state index contributed by atoms with van der Waals surface area (Å²) in [7, 11) is 0. The SMILES string of the molecule is CCC(=O)/C=C/c1c(-c2ccc([N+](=O)[O-])s2)[nH]c2ccccc12.